The van der Waals surface area contributed by atoms with Gasteiger partial charge >= 0.3 is 0 Å². The van der Waals surface area contributed by atoms with E-state index in [0.717, 1.165) is 26.7 Å². The lowest BCUT2D eigenvalue weighted by Gasteiger charge is -2.17. The number of carbonyl (C=O) groups is 3. The summed E-state index contributed by atoms with van der Waals surface area (Å²) in [4.78, 5) is 36.4. The van der Waals surface area contributed by atoms with Crippen LogP contribution in [0.1, 0.15) is 12.8 Å². The molecule has 5 N–H and O–H groups in total. The van der Waals surface area contributed by atoms with Crippen LogP contribution in [0.25, 0.3) is 21.8 Å². The number of hydrogen-bond donors (Lipinski definition) is 3. The van der Waals surface area contributed by atoms with E-state index in [2.05, 4.69) is 16.0 Å². The Morgan fingerprint density at radius 3 is 1.89 bits per heavy atom. The van der Waals surface area contributed by atoms with Crippen molar-refractivity contribution in [2.45, 2.75) is 19.4 Å². The van der Waals surface area contributed by atoms with Crippen molar-refractivity contribution in [3.05, 3.63) is 54.6 Å². The number of halogens is 1. The Morgan fingerprint density at radius 2 is 1.39 bits per heavy atom. The van der Waals surface area contributed by atoms with Crippen LogP contribution in [-0.4, -0.2) is 35.7 Å². The minimum atomic E-state index is -4.94. The molecule has 0 atom stereocenters. The Balaban J connectivity index is 0.000000658. The van der Waals surface area contributed by atoms with Crippen LogP contribution in [0.4, 0.5) is 11.4 Å². The number of nitrogens with two attached hydrogens (primary N) is 2. The summed E-state index contributed by atoms with van der Waals surface area (Å²) in [6.07, 6.45) is 3.39. The Kier molecular flexibility index (Phi) is 8.40. The number of rotatable bonds is 7. The van der Waals surface area contributed by atoms with Gasteiger partial charge in [0.2, 0.25) is 16.9 Å². The van der Waals surface area contributed by atoms with E-state index in [9.17, 15) is 14.4 Å². The molecule has 3 aromatic rings. The van der Waals surface area contributed by atoms with Gasteiger partial charge in [-0.15, -0.1) is 10.2 Å². The van der Waals surface area contributed by atoms with Crippen molar-refractivity contribution in [3.8, 4) is 0 Å². The minimum absolute atomic E-state index is 0.128. The van der Waals surface area contributed by atoms with Gasteiger partial charge in [0.05, 0.1) is 0 Å². The highest BCUT2D eigenvalue weighted by atomic mass is 35.7. The second-order valence-corrected chi connectivity index (χ2v) is 8.68. The molecule has 0 spiro atoms. The molecule has 0 bridgehead atoms. The highest BCUT2D eigenvalue weighted by molar-refractivity contribution is 6.12. The Labute approximate surface area is 207 Å². The predicted molar refractivity (Wildman–Crippen MR) is 119 cm³/mol. The third-order valence-corrected chi connectivity index (χ3v) is 5.35. The van der Waals surface area contributed by atoms with Gasteiger partial charge in [0, 0.05) is 72.4 Å². The molecule has 0 aliphatic carbocycles. The molecule has 0 saturated heterocycles. The Hall–Kier alpha value is -3.81. The van der Waals surface area contributed by atoms with E-state index >= 15 is 0 Å². The fourth-order valence-corrected chi connectivity index (χ4v) is 3.82. The molecule has 12 nitrogen and oxygen atoms in total. The maximum absolute atomic E-state index is 12.2. The topological polar surface area (TPSA) is 215 Å². The Morgan fingerprint density at radius 1 is 0.889 bits per heavy atom. The summed E-state index contributed by atoms with van der Waals surface area (Å²) >= 11 is 0. The van der Waals surface area contributed by atoms with Gasteiger partial charge in [0.25, 0.3) is 11.8 Å². The summed E-state index contributed by atoms with van der Waals surface area (Å²) in [5, 5.41) is 4.89. The predicted octanol–water partition coefficient (Wildman–Crippen LogP) is -3.49. The van der Waals surface area contributed by atoms with Gasteiger partial charge in [0.1, 0.15) is 6.54 Å². The monoisotopic (exact) mass is 517 g/mol. The number of pyridine rings is 1. The van der Waals surface area contributed by atoms with Gasteiger partial charge in [-0.05, 0) is 30.3 Å². The Bertz CT molecular complexity index is 1260. The molecule has 0 fully saturated rings. The molecule has 2 heterocycles. The standard InChI is InChI=1S/C23H23N5O3.ClHO4/c24-17-5-3-15-12-16-4-6-18(25)14-20(16)27(19(15)13-17)10-1-2-21(29)26-9-11-28-22(30)7-8-23(28)31;2-1(3,4)5/h3-8,12-14H,1-2,9-11H2,(H4,24,25,26,29);(H,2,3,4,5). The first kappa shape index (κ1) is 26.8. The third kappa shape index (κ3) is 7.34. The average Bonchev–Trinajstić information content (AvgIpc) is 3.10. The molecule has 0 unspecified atom stereocenters. The molecule has 3 amide bonds. The molecule has 13 heteroatoms. The molecule has 2 aromatic carbocycles. The van der Waals surface area contributed by atoms with Crippen molar-refractivity contribution < 1.29 is 47.8 Å². The smallest absolute Gasteiger partial charge is 0.253 e. The summed E-state index contributed by atoms with van der Waals surface area (Å²) in [5.41, 5.74) is 15.3. The third-order valence-electron chi connectivity index (χ3n) is 5.35. The molecule has 0 radical (unpaired) electrons. The van der Waals surface area contributed by atoms with Crippen LogP contribution in [0.5, 0.6) is 0 Å². The largest absolute Gasteiger partial charge is 0.399 e. The van der Waals surface area contributed by atoms with Gasteiger partial charge in [-0.2, -0.15) is 4.57 Å². The van der Waals surface area contributed by atoms with E-state index in [4.69, 9.17) is 30.1 Å². The van der Waals surface area contributed by atoms with E-state index in [1.807, 2.05) is 36.4 Å². The maximum atomic E-state index is 12.2. The highest BCUT2D eigenvalue weighted by Crippen LogP contribution is 2.22. The molecule has 0 saturated carbocycles. The van der Waals surface area contributed by atoms with Gasteiger partial charge < -0.3 is 16.8 Å². The second-order valence-electron chi connectivity index (χ2n) is 7.93. The molecule has 4 rings (SSSR count). The zero-order valence-corrected chi connectivity index (χ0v) is 19.8. The van der Waals surface area contributed by atoms with Crippen LogP contribution >= 0.6 is 0 Å². The lowest BCUT2D eigenvalue weighted by atomic mass is 10.1. The molecule has 36 heavy (non-hydrogen) atoms. The fraction of sp³-hybridized carbons (Fsp3) is 0.217. The summed E-state index contributed by atoms with van der Waals surface area (Å²) in [7, 11) is -4.94. The number of nitrogens with zero attached hydrogens (tertiary/aromatic N) is 2. The van der Waals surface area contributed by atoms with Crippen molar-refractivity contribution in [2.24, 2.45) is 0 Å². The van der Waals surface area contributed by atoms with E-state index < -0.39 is 10.2 Å². The molecular weight excluding hydrogens is 494 g/mol. The number of amides is 3. The number of anilines is 2. The van der Waals surface area contributed by atoms with Crippen molar-refractivity contribution in [3.63, 3.8) is 0 Å². The fourth-order valence-electron chi connectivity index (χ4n) is 3.82. The number of aromatic nitrogens is 1. The van der Waals surface area contributed by atoms with E-state index in [-0.39, 0.29) is 30.8 Å². The first-order valence-electron chi connectivity index (χ1n) is 10.8. The van der Waals surface area contributed by atoms with Crippen LogP contribution in [0.3, 0.4) is 0 Å². The lowest BCUT2D eigenvalue weighted by Crippen LogP contribution is -2.68. The van der Waals surface area contributed by atoms with Crippen molar-refractivity contribution >= 4 is 50.9 Å². The number of fused-ring (bicyclic) bond motifs is 2. The average molecular weight is 518 g/mol. The number of hydrogen-bond acceptors (Lipinski definition) is 9. The van der Waals surface area contributed by atoms with Crippen LogP contribution in [0.2, 0.25) is 0 Å². The lowest BCUT2D eigenvalue weighted by molar-refractivity contribution is -2.00. The zero-order valence-electron chi connectivity index (χ0n) is 19.0. The minimum Gasteiger partial charge on any atom is -0.399 e. The quantitative estimate of drug-likeness (QED) is 0.122. The zero-order chi connectivity index (χ0) is 26.5. The SMILES string of the molecule is Nc1ccc2cc3ccc(N)cc3[n+](CCCC(=O)NCCN3C(=O)C=CC3=O)c2c1.[O-][Cl+3]([O-])([O-])[O-]. The van der Waals surface area contributed by atoms with Crippen molar-refractivity contribution in [2.75, 3.05) is 24.6 Å². The number of carbonyl (C=O) groups excluding carboxylic acids is 3. The summed E-state index contributed by atoms with van der Waals surface area (Å²) < 4.78 is 36.1. The number of nitrogens with one attached hydrogen (secondary N) is 1. The molecule has 1 aliphatic heterocycles. The van der Waals surface area contributed by atoms with Crippen molar-refractivity contribution in [1.82, 2.24) is 10.2 Å². The van der Waals surface area contributed by atoms with E-state index in [0.29, 0.717) is 30.8 Å². The summed E-state index contributed by atoms with van der Waals surface area (Å²) in [5.74, 6) is -0.828. The molecule has 190 valence electrons. The first-order chi connectivity index (χ1) is 16.9. The molecule has 1 aromatic heterocycles. The van der Waals surface area contributed by atoms with Crippen LogP contribution in [-0.2, 0) is 20.9 Å². The maximum Gasteiger partial charge on any atom is 0.253 e. The second kappa shape index (κ2) is 11.3. The number of benzene rings is 2. The summed E-state index contributed by atoms with van der Waals surface area (Å²) in [6, 6.07) is 13.7. The van der Waals surface area contributed by atoms with Crippen LogP contribution in [0, 0.1) is 10.2 Å². The molecular formula is C23H24ClN5O7. The number of aryl methyl sites for hydroxylation is 1. The summed E-state index contributed by atoms with van der Waals surface area (Å²) in [6.45, 7) is 1.01. The van der Waals surface area contributed by atoms with Crippen molar-refractivity contribution in [1.29, 1.82) is 0 Å². The number of imide groups is 1. The number of nitrogen functional groups attached to an aromatic ring is 2. The van der Waals surface area contributed by atoms with Gasteiger partial charge in [-0.3, -0.25) is 19.3 Å². The van der Waals surface area contributed by atoms with Gasteiger partial charge in [-0.1, -0.05) is 0 Å². The van der Waals surface area contributed by atoms with Crippen LogP contribution in [0.15, 0.2) is 54.6 Å². The molecule has 1 aliphatic rings. The van der Waals surface area contributed by atoms with Gasteiger partial charge in [-0.25, -0.2) is 18.6 Å². The van der Waals surface area contributed by atoms with Gasteiger partial charge in [0.15, 0.2) is 0 Å². The van der Waals surface area contributed by atoms with E-state index in [1.165, 1.54) is 12.2 Å². The highest BCUT2D eigenvalue weighted by Gasteiger charge is 2.22. The first-order valence-corrected chi connectivity index (χ1v) is 12.0. The normalized spacial score (nSPS) is 13.3. The van der Waals surface area contributed by atoms with Crippen LogP contribution < -0.4 is 40.0 Å². The van der Waals surface area contributed by atoms with E-state index in [1.54, 1.807) is 0 Å².